The predicted octanol–water partition coefficient (Wildman–Crippen LogP) is 3.42. The molecule has 13 heteroatoms. The number of ether oxygens (including phenoxy) is 1. The van der Waals surface area contributed by atoms with Crippen LogP contribution < -0.4 is 0 Å². The van der Waals surface area contributed by atoms with E-state index in [1.807, 2.05) is 6.07 Å². The second kappa shape index (κ2) is 10.9. The van der Waals surface area contributed by atoms with Crippen molar-refractivity contribution in [1.82, 2.24) is 4.90 Å². The van der Waals surface area contributed by atoms with Crippen LogP contribution in [0.25, 0.3) is 0 Å². The molecule has 1 rings (SSSR count). The summed E-state index contributed by atoms with van der Waals surface area (Å²) in [5, 5.41) is -4.67. The van der Waals surface area contributed by atoms with E-state index in [2.05, 4.69) is 72.5 Å². The number of hydrogen-bond acceptors (Lipinski definition) is 6. The SMILES string of the molecule is CCN(CCCC(=O)OCC(F)(F)S(=O)(=O)[O-])C(=O)c1cc(I)cc(I)c1I. The van der Waals surface area contributed by atoms with Gasteiger partial charge in [0.05, 0.1) is 5.56 Å². The minimum atomic E-state index is -5.90. The number of benzene rings is 1. The van der Waals surface area contributed by atoms with Crippen molar-refractivity contribution in [1.29, 1.82) is 0 Å². The highest BCUT2D eigenvalue weighted by atomic mass is 127. The van der Waals surface area contributed by atoms with E-state index in [4.69, 9.17) is 0 Å². The van der Waals surface area contributed by atoms with Gasteiger partial charge in [-0.1, -0.05) is 0 Å². The minimum absolute atomic E-state index is 0.131. The standard InChI is InChI=1S/C15H16F2I3NO6S/c1-2-21(14(23)10-6-9(18)7-11(19)13(10)20)5-3-4-12(22)27-8-15(16,17)28(24,25)26/h6-7H,2-5,8H2,1H3,(H,24,25,26)/p-1. The van der Waals surface area contributed by atoms with Crippen molar-refractivity contribution in [2.45, 2.75) is 25.0 Å². The molecule has 0 atom stereocenters. The van der Waals surface area contributed by atoms with Crippen molar-refractivity contribution in [3.63, 3.8) is 0 Å². The first kappa shape index (κ1) is 26.2. The minimum Gasteiger partial charge on any atom is -0.743 e. The van der Waals surface area contributed by atoms with Crippen LogP contribution >= 0.6 is 67.8 Å². The molecule has 0 unspecified atom stereocenters. The maximum atomic E-state index is 13.0. The number of carbonyl (C=O) groups excluding carboxylic acids is 2. The number of nitrogens with zero attached hydrogens (tertiary/aromatic N) is 1. The van der Waals surface area contributed by atoms with Gasteiger partial charge in [0, 0.05) is 30.2 Å². The third-order valence-electron chi connectivity index (χ3n) is 3.47. The van der Waals surface area contributed by atoms with E-state index in [9.17, 15) is 31.3 Å². The summed E-state index contributed by atoms with van der Waals surface area (Å²) < 4.78 is 63.8. The Bertz CT molecular complexity index is 850. The Morgan fingerprint density at radius 3 is 2.39 bits per heavy atom. The van der Waals surface area contributed by atoms with Gasteiger partial charge in [-0.05, 0) is 93.2 Å². The van der Waals surface area contributed by atoms with E-state index in [0.717, 1.165) is 10.7 Å². The van der Waals surface area contributed by atoms with E-state index < -0.39 is 27.9 Å². The lowest BCUT2D eigenvalue weighted by atomic mass is 10.2. The van der Waals surface area contributed by atoms with Gasteiger partial charge in [-0.25, -0.2) is 8.42 Å². The third kappa shape index (κ3) is 7.42. The molecule has 0 aromatic heterocycles. The quantitative estimate of drug-likeness (QED) is 0.166. The molecule has 0 aliphatic carbocycles. The topological polar surface area (TPSA) is 104 Å². The molecule has 0 radical (unpaired) electrons. The molecule has 0 saturated heterocycles. The zero-order valence-corrected chi connectivity index (χ0v) is 21.7. The van der Waals surface area contributed by atoms with Gasteiger partial charge >= 0.3 is 11.2 Å². The molecule has 158 valence electrons. The molecule has 7 nitrogen and oxygen atoms in total. The Morgan fingerprint density at radius 2 is 1.86 bits per heavy atom. The summed E-state index contributed by atoms with van der Waals surface area (Å²) in [6.45, 7) is 0.492. The smallest absolute Gasteiger partial charge is 0.367 e. The van der Waals surface area contributed by atoms with Crippen LogP contribution in [-0.2, 0) is 19.6 Å². The zero-order valence-electron chi connectivity index (χ0n) is 14.4. The fourth-order valence-electron chi connectivity index (χ4n) is 2.01. The molecule has 1 aromatic carbocycles. The fraction of sp³-hybridized carbons (Fsp3) is 0.467. The number of alkyl halides is 2. The van der Waals surface area contributed by atoms with Crippen molar-refractivity contribution in [3.8, 4) is 0 Å². The van der Waals surface area contributed by atoms with Crippen molar-refractivity contribution in [2.24, 2.45) is 0 Å². The van der Waals surface area contributed by atoms with Gasteiger partial charge in [-0.15, -0.1) is 0 Å². The van der Waals surface area contributed by atoms with Gasteiger partial charge in [0.25, 0.3) is 5.91 Å². The van der Waals surface area contributed by atoms with E-state index in [0.29, 0.717) is 12.1 Å². The van der Waals surface area contributed by atoms with Crippen molar-refractivity contribution >= 4 is 89.8 Å². The van der Waals surface area contributed by atoms with Crippen molar-refractivity contribution in [2.75, 3.05) is 19.7 Å². The number of amides is 1. The Balaban J connectivity index is 2.63. The van der Waals surface area contributed by atoms with Crippen molar-refractivity contribution in [3.05, 3.63) is 28.4 Å². The van der Waals surface area contributed by atoms with Crippen LogP contribution in [-0.4, -0.2) is 54.7 Å². The van der Waals surface area contributed by atoms with Crippen LogP contribution in [0.5, 0.6) is 0 Å². The van der Waals surface area contributed by atoms with E-state index >= 15 is 0 Å². The maximum Gasteiger partial charge on any atom is 0.367 e. The molecule has 1 amide bonds. The molecular formula is C15H15F2I3NO6S-. The highest BCUT2D eigenvalue weighted by molar-refractivity contribution is 14.1. The van der Waals surface area contributed by atoms with Gasteiger partial charge in [0.15, 0.2) is 16.7 Å². The van der Waals surface area contributed by atoms with Gasteiger partial charge < -0.3 is 14.2 Å². The molecule has 0 N–H and O–H groups in total. The van der Waals surface area contributed by atoms with Crippen LogP contribution in [0, 0.1) is 10.7 Å². The van der Waals surface area contributed by atoms with Crippen LogP contribution in [0.15, 0.2) is 12.1 Å². The van der Waals surface area contributed by atoms with E-state index in [1.54, 1.807) is 13.0 Å². The molecule has 28 heavy (non-hydrogen) atoms. The van der Waals surface area contributed by atoms with Gasteiger partial charge in [-0.2, -0.15) is 8.78 Å². The number of hydrogen-bond donors (Lipinski definition) is 0. The monoisotopic (exact) mass is 756 g/mol. The molecule has 0 fully saturated rings. The maximum absolute atomic E-state index is 13.0. The fourth-order valence-corrected chi connectivity index (χ4v) is 4.60. The summed E-state index contributed by atoms with van der Waals surface area (Å²) in [7, 11) is -5.90. The normalized spacial score (nSPS) is 12.0. The third-order valence-corrected chi connectivity index (χ3v) is 7.99. The molecule has 0 aliphatic heterocycles. The van der Waals surface area contributed by atoms with E-state index in [-0.39, 0.29) is 25.3 Å². The first-order chi connectivity index (χ1) is 12.8. The number of halogens is 5. The molecular weight excluding hydrogens is 741 g/mol. The van der Waals surface area contributed by atoms with Crippen LogP contribution in [0.1, 0.15) is 30.1 Å². The summed E-state index contributed by atoms with van der Waals surface area (Å²) in [4.78, 5) is 25.8. The number of carbonyl (C=O) groups is 2. The lowest BCUT2D eigenvalue weighted by Crippen LogP contribution is -2.35. The first-order valence-corrected chi connectivity index (χ1v) is 12.4. The van der Waals surface area contributed by atoms with Gasteiger partial charge in [-0.3, -0.25) is 9.59 Å². The zero-order chi connectivity index (χ0) is 21.7. The average Bonchev–Trinajstić information content (AvgIpc) is 2.58. The summed E-state index contributed by atoms with van der Waals surface area (Å²) >= 11 is 6.32. The summed E-state index contributed by atoms with van der Waals surface area (Å²) in [5.74, 6) is -1.30. The molecule has 0 bridgehead atoms. The second-order valence-corrected chi connectivity index (χ2v) is 10.5. The molecule has 0 saturated carbocycles. The summed E-state index contributed by atoms with van der Waals surface area (Å²) in [5.41, 5.74) is 0.529. The Morgan fingerprint density at radius 1 is 1.25 bits per heavy atom. The highest BCUT2D eigenvalue weighted by Crippen LogP contribution is 2.24. The van der Waals surface area contributed by atoms with Crippen LogP contribution in [0.2, 0.25) is 0 Å². The lowest BCUT2D eigenvalue weighted by Gasteiger charge is -2.22. The Hall–Kier alpha value is 0.120. The van der Waals surface area contributed by atoms with Crippen LogP contribution in [0.3, 0.4) is 0 Å². The van der Waals surface area contributed by atoms with E-state index in [1.165, 1.54) is 4.90 Å². The van der Waals surface area contributed by atoms with Crippen LogP contribution in [0.4, 0.5) is 8.78 Å². The molecule has 0 spiro atoms. The molecule has 0 heterocycles. The number of esters is 1. The predicted molar refractivity (Wildman–Crippen MR) is 121 cm³/mol. The average molecular weight is 756 g/mol. The Labute approximate surface area is 202 Å². The van der Waals surface area contributed by atoms with Crippen molar-refractivity contribution < 1.29 is 36.1 Å². The summed E-state index contributed by atoms with van der Waals surface area (Å²) in [6.07, 6.45) is -0.175. The lowest BCUT2D eigenvalue weighted by molar-refractivity contribution is -0.149. The van der Waals surface area contributed by atoms with Gasteiger partial charge in [0.1, 0.15) is 0 Å². The molecule has 1 aromatic rings. The van der Waals surface area contributed by atoms with Gasteiger partial charge in [0.2, 0.25) is 0 Å². The number of rotatable bonds is 9. The second-order valence-electron chi connectivity index (χ2n) is 5.49. The largest absolute Gasteiger partial charge is 0.743 e. The Kier molecular flexibility index (Phi) is 10.2. The summed E-state index contributed by atoms with van der Waals surface area (Å²) in [6, 6.07) is 3.69. The molecule has 0 aliphatic rings. The highest BCUT2D eigenvalue weighted by Gasteiger charge is 2.39. The first-order valence-electron chi connectivity index (χ1n) is 7.73.